The Morgan fingerprint density at radius 3 is 2.57 bits per heavy atom. The molecular weight excluding hydrogens is 313 g/mol. The van der Waals surface area contributed by atoms with E-state index in [0.717, 1.165) is 0 Å². The largest absolute Gasteiger partial charge is 0.358 e. The highest BCUT2D eigenvalue weighted by molar-refractivity contribution is 14.1. The highest BCUT2D eigenvalue weighted by Gasteiger charge is 2.21. The molecule has 0 fully saturated rings. The molecule has 0 saturated carbocycles. The van der Waals surface area contributed by atoms with E-state index in [1.165, 1.54) is 22.6 Å². The molecule has 76 valence electrons. The average molecular weight is 316 g/mol. The summed E-state index contributed by atoms with van der Waals surface area (Å²) in [5.41, 5.74) is -1.53. The fourth-order valence-corrected chi connectivity index (χ4v) is 1.56. The summed E-state index contributed by atoms with van der Waals surface area (Å²) in [7, 11) is 0. The van der Waals surface area contributed by atoms with Crippen LogP contribution in [0, 0.1) is 13.7 Å². The van der Waals surface area contributed by atoms with Crippen LogP contribution in [0.4, 0.5) is 14.6 Å². The molecule has 0 aliphatic carbocycles. The molecule has 0 unspecified atom stereocenters. The second-order valence-corrected chi connectivity index (χ2v) is 3.39. The second-order valence-electron chi connectivity index (χ2n) is 2.31. The molecule has 1 N–H and O–H groups in total. The summed E-state index contributed by atoms with van der Waals surface area (Å²) >= 11 is 1.40. The van der Waals surface area contributed by atoms with Gasteiger partial charge in [0.1, 0.15) is 3.57 Å². The van der Waals surface area contributed by atoms with Gasteiger partial charge in [-0.05, 0) is 27.5 Å². The van der Waals surface area contributed by atoms with Crippen LogP contribution < -0.4 is 5.56 Å². The Bertz CT molecular complexity index is 432. The van der Waals surface area contributed by atoms with Crippen LogP contribution in [0.1, 0.15) is 12.0 Å². The number of alkyl halides is 2. The first kappa shape index (κ1) is 11.0. The third-order valence-electron chi connectivity index (χ3n) is 1.41. The van der Waals surface area contributed by atoms with Crippen LogP contribution in [0.15, 0.2) is 10.9 Å². The lowest BCUT2D eigenvalue weighted by atomic mass is 10.3. The van der Waals surface area contributed by atoms with Gasteiger partial charge < -0.3 is 10.1 Å². The predicted octanol–water partition coefficient (Wildman–Crippen LogP) is 1.83. The van der Waals surface area contributed by atoms with Crippen molar-refractivity contribution in [2.24, 2.45) is 0 Å². The van der Waals surface area contributed by atoms with Gasteiger partial charge in [-0.3, -0.25) is 0 Å². The van der Waals surface area contributed by atoms with E-state index in [4.69, 9.17) is 0 Å². The lowest BCUT2D eigenvalue weighted by Gasteiger charge is -2.02. The quantitative estimate of drug-likeness (QED) is 0.514. The first-order valence-corrected chi connectivity index (χ1v) is 4.36. The number of hydrogen-bond acceptors (Lipinski definition) is 3. The van der Waals surface area contributed by atoms with Gasteiger partial charge in [-0.15, -0.1) is 0 Å². The van der Waals surface area contributed by atoms with Crippen molar-refractivity contribution in [1.82, 2.24) is 4.98 Å². The maximum Gasteiger partial charge on any atom is 0.337 e. The van der Waals surface area contributed by atoms with E-state index in [-0.39, 0.29) is 3.57 Å². The van der Waals surface area contributed by atoms with Crippen LogP contribution in [0.25, 0.3) is 0 Å². The minimum Gasteiger partial charge on any atom is -0.358 e. The van der Waals surface area contributed by atoms with E-state index >= 15 is 0 Å². The summed E-state index contributed by atoms with van der Waals surface area (Å²) < 4.78 is 24.3. The van der Waals surface area contributed by atoms with Crippen molar-refractivity contribution in [3.8, 4) is 0 Å². The average Bonchev–Trinajstić information content (AvgIpc) is 2.07. The summed E-state index contributed by atoms with van der Waals surface area (Å²) in [6.07, 6.45) is -2.90. The zero-order valence-corrected chi connectivity index (χ0v) is 8.62. The number of nitrogens with zero attached hydrogens (tertiary/aromatic N) is 1. The lowest BCUT2D eigenvalue weighted by molar-refractivity contribution is -0.390. The normalized spacial score (nSPS) is 10.6. The lowest BCUT2D eigenvalue weighted by Crippen LogP contribution is -2.12. The van der Waals surface area contributed by atoms with E-state index < -0.39 is 28.3 Å². The Morgan fingerprint density at radius 2 is 2.14 bits per heavy atom. The van der Waals surface area contributed by atoms with Crippen LogP contribution >= 0.6 is 22.6 Å². The molecule has 0 aliphatic heterocycles. The molecule has 1 aromatic heterocycles. The van der Waals surface area contributed by atoms with E-state index in [9.17, 15) is 23.7 Å². The van der Waals surface area contributed by atoms with Crippen molar-refractivity contribution >= 4 is 28.4 Å². The first-order valence-electron chi connectivity index (χ1n) is 3.28. The number of H-pyrrole nitrogens is 1. The van der Waals surface area contributed by atoms with Crippen LogP contribution in [-0.2, 0) is 0 Å². The number of rotatable bonds is 2. The van der Waals surface area contributed by atoms with E-state index in [1.807, 2.05) is 4.98 Å². The van der Waals surface area contributed by atoms with Gasteiger partial charge in [0.05, 0.1) is 0 Å². The fourth-order valence-electron chi connectivity index (χ4n) is 0.834. The Balaban J connectivity index is 3.48. The summed E-state index contributed by atoms with van der Waals surface area (Å²) in [5, 5.41) is 10.3. The van der Waals surface area contributed by atoms with Crippen molar-refractivity contribution in [3.05, 3.63) is 35.7 Å². The fraction of sp³-hybridized carbons (Fsp3) is 0.167. The van der Waals surface area contributed by atoms with Gasteiger partial charge in [0.2, 0.25) is 0 Å². The molecule has 0 aliphatic rings. The summed E-state index contributed by atoms with van der Waals surface area (Å²) in [5.74, 6) is -0.701. The van der Waals surface area contributed by atoms with Crippen LogP contribution in [0.5, 0.6) is 0 Å². The van der Waals surface area contributed by atoms with Gasteiger partial charge in [-0.2, -0.15) is 0 Å². The molecule has 0 aromatic carbocycles. The predicted molar refractivity (Wildman–Crippen MR) is 51.4 cm³/mol. The molecule has 1 heterocycles. The zero-order valence-electron chi connectivity index (χ0n) is 6.46. The first-order chi connectivity index (χ1) is 6.43. The maximum absolute atomic E-state index is 12.3. The molecule has 14 heavy (non-hydrogen) atoms. The monoisotopic (exact) mass is 316 g/mol. The summed E-state index contributed by atoms with van der Waals surface area (Å²) in [4.78, 5) is 22.1. The number of halogens is 3. The second kappa shape index (κ2) is 3.98. The van der Waals surface area contributed by atoms with Gasteiger partial charge in [0.15, 0.2) is 0 Å². The molecule has 0 radical (unpaired) electrons. The summed E-state index contributed by atoms with van der Waals surface area (Å²) in [6, 6.07) is 0.652. The highest BCUT2D eigenvalue weighted by Crippen LogP contribution is 2.27. The van der Waals surface area contributed by atoms with Gasteiger partial charge in [-0.1, -0.05) is 0 Å². The molecule has 1 rings (SSSR count). The number of pyridine rings is 1. The molecular formula is C6H3F2IN2O3. The molecule has 0 spiro atoms. The summed E-state index contributed by atoms with van der Waals surface area (Å²) in [6.45, 7) is 0. The van der Waals surface area contributed by atoms with Crippen LogP contribution in [-0.4, -0.2) is 9.91 Å². The number of hydrogen-bond donors (Lipinski definition) is 1. The van der Waals surface area contributed by atoms with E-state index in [1.54, 1.807) is 0 Å². The Kier molecular flexibility index (Phi) is 3.13. The molecule has 0 amide bonds. The van der Waals surface area contributed by atoms with Crippen molar-refractivity contribution in [1.29, 1.82) is 0 Å². The topological polar surface area (TPSA) is 76.0 Å². The molecule has 8 heteroatoms. The smallest absolute Gasteiger partial charge is 0.337 e. The van der Waals surface area contributed by atoms with E-state index in [2.05, 4.69) is 0 Å². The Morgan fingerprint density at radius 1 is 1.57 bits per heavy atom. The number of nitro groups is 1. The third kappa shape index (κ3) is 2.05. The standard InChI is InChI=1S/C6H3F2IN2O3/c7-5(8)2-1-3(12)10-6(4(2)9)11(13)14/h1,5H,(H,10,12). The van der Waals surface area contributed by atoms with Gasteiger partial charge in [0, 0.05) is 11.6 Å². The van der Waals surface area contributed by atoms with E-state index in [0.29, 0.717) is 6.07 Å². The molecule has 5 nitrogen and oxygen atoms in total. The van der Waals surface area contributed by atoms with Crippen molar-refractivity contribution in [2.75, 3.05) is 0 Å². The van der Waals surface area contributed by atoms with Crippen LogP contribution in [0.3, 0.4) is 0 Å². The van der Waals surface area contributed by atoms with Gasteiger partial charge in [0.25, 0.3) is 6.43 Å². The zero-order chi connectivity index (χ0) is 10.9. The number of aromatic nitrogens is 1. The molecule has 0 saturated heterocycles. The maximum atomic E-state index is 12.3. The Hall–Kier alpha value is -1.06. The highest BCUT2D eigenvalue weighted by atomic mass is 127. The Labute approximate surface area is 89.4 Å². The van der Waals surface area contributed by atoms with Crippen LogP contribution in [0.2, 0.25) is 0 Å². The third-order valence-corrected chi connectivity index (χ3v) is 2.54. The van der Waals surface area contributed by atoms with Crippen molar-refractivity contribution < 1.29 is 13.7 Å². The SMILES string of the molecule is O=c1cc(C(F)F)c(I)c([N+](=O)[O-])[nH]1. The van der Waals surface area contributed by atoms with Crippen molar-refractivity contribution in [2.45, 2.75) is 6.43 Å². The minimum atomic E-state index is -2.90. The molecule has 1 aromatic rings. The molecule has 0 bridgehead atoms. The van der Waals surface area contributed by atoms with Gasteiger partial charge >= 0.3 is 11.4 Å². The van der Waals surface area contributed by atoms with Gasteiger partial charge in [-0.25, -0.2) is 18.6 Å². The minimum absolute atomic E-state index is 0.248. The number of nitrogens with one attached hydrogen (secondary N) is 1. The van der Waals surface area contributed by atoms with Crippen molar-refractivity contribution in [3.63, 3.8) is 0 Å². The molecule has 0 atom stereocenters. The number of aromatic amines is 1.